The highest BCUT2D eigenvalue weighted by Crippen LogP contribution is 2.18. The lowest BCUT2D eigenvalue weighted by Crippen LogP contribution is -2.37. The van der Waals surface area contributed by atoms with Gasteiger partial charge in [-0.1, -0.05) is 0 Å². The second-order valence-corrected chi connectivity index (χ2v) is 4.48. The molecule has 20 heavy (non-hydrogen) atoms. The van der Waals surface area contributed by atoms with Gasteiger partial charge in [-0.05, 0) is 45.0 Å². The first-order valence-electron chi connectivity index (χ1n) is 6.96. The quantitative estimate of drug-likeness (QED) is 0.613. The summed E-state index contributed by atoms with van der Waals surface area (Å²) in [5.41, 5.74) is 5.92. The number of hydrogen-bond acceptors (Lipinski definition) is 3. The van der Waals surface area contributed by atoms with Crippen LogP contribution in [0.25, 0.3) is 0 Å². The minimum Gasteiger partial charge on any atom is -0.497 e. The molecule has 112 valence electrons. The third-order valence-corrected chi connectivity index (χ3v) is 2.99. The predicted octanol–water partition coefficient (Wildman–Crippen LogP) is 2.12. The lowest BCUT2D eigenvalue weighted by atomic mass is 10.3. The van der Waals surface area contributed by atoms with Gasteiger partial charge in [0.1, 0.15) is 17.6 Å². The zero-order valence-electron chi connectivity index (χ0n) is 12.8. The first-order chi connectivity index (χ1) is 9.60. The van der Waals surface area contributed by atoms with Crippen molar-refractivity contribution in [2.75, 3.05) is 26.7 Å². The molecular formula is C15H25N3O2. The van der Waals surface area contributed by atoms with E-state index in [4.69, 9.17) is 15.2 Å². The number of aliphatic imine (C=N–C) groups is 1. The van der Waals surface area contributed by atoms with Crippen LogP contribution in [0.1, 0.15) is 20.8 Å². The summed E-state index contributed by atoms with van der Waals surface area (Å²) in [5.74, 6) is 2.18. The molecule has 0 fully saturated rings. The lowest BCUT2D eigenvalue weighted by Gasteiger charge is -2.20. The molecule has 1 aromatic carbocycles. The van der Waals surface area contributed by atoms with E-state index in [0.29, 0.717) is 12.5 Å². The van der Waals surface area contributed by atoms with Crippen molar-refractivity contribution in [1.82, 2.24) is 4.90 Å². The molecule has 2 N–H and O–H groups in total. The third kappa shape index (κ3) is 4.99. The van der Waals surface area contributed by atoms with Crippen molar-refractivity contribution in [3.05, 3.63) is 24.3 Å². The second kappa shape index (κ2) is 8.30. The smallest absolute Gasteiger partial charge is 0.191 e. The molecule has 0 saturated heterocycles. The highest BCUT2D eigenvalue weighted by molar-refractivity contribution is 5.78. The van der Waals surface area contributed by atoms with Crippen LogP contribution in [0.4, 0.5) is 0 Å². The standard InChI is InChI=1S/C15H25N3O2/c1-5-18(6-2)15(16)17-11-12(3)20-14-9-7-13(19-4)8-10-14/h7-10,12H,5-6,11H2,1-4H3,(H2,16,17). The summed E-state index contributed by atoms with van der Waals surface area (Å²) in [6.45, 7) is 8.35. The molecule has 0 heterocycles. The summed E-state index contributed by atoms with van der Waals surface area (Å²) in [4.78, 5) is 6.38. The van der Waals surface area contributed by atoms with E-state index in [2.05, 4.69) is 18.8 Å². The van der Waals surface area contributed by atoms with E-state index in [-0.39, 0.29) is 6.10 Å². The number of rotatable bonds is 7. The van der Waals surface area contributed by atoms with Gasteiger partial charge in [0.2, 0.25) is 0 Å². The van der Waals surface area contributed by atoms with Crippen LogP contribution in [0, 0.1) is 0 Å². The third-order valence-electron chi connectivity index (χ3n) is 2.99. The number of hydrogen-bond donors (Lipinski definition) is 1. The molecule has 1 rings (SSSR count). The van der Waals surface area contributed by atoms with Crippen LogP contribution in [0.3, 0.4) is 0 Å². The van der Waals surface area contributed by atoms with Gasteiger partial charge >= 0.3 is 0 Å². The Morgan fingerprint density at radius 3 is 2.25 bits per heavy atom. The largest absolute Gasteiger partial charge is 0.497 e. The summed E-state index contributed by atoms with van der Waals surface area (Å²) < 4.78 is 10.9. The van der Waals surface area contributed by atoms with E-state index < -0.39 is 0 Å². The van der Waals surface area contributed by atoms with Gasteiger partial charge in [-0.2, -0.15) is 0 Å². The molecule has 0 aliphatic carbocycles. The molecule has 5 heteroatoms. The molecule has 1 atom stereocenters. The molecule has 0 bridgehead atoms. The fourth-order valence-electron chi connectivity index (χ4n) is 1.79. The maximum atomic E-state index is 5.92. The lowest BCUT2D eigenvalue weighted by molar-refractivity contribution is 0.229. The fourth-order valence-corrected chi connectivity index (χ4v) is 1.79. The summed E-state index contributed by atoms with van der Waals surface area (Å²) >= 11 is 0. The summed E-state index contributed by atoms with van der Waals surface area (Å²) in [6, 6.07) is 7.50. The second-order valence-electron chi connectivity index (χ2n) is 4.48. The van der Waals surface area contributed by atoms with E-state index >= 15 is 0 Å². The molecule has 1 aromatic rings. The summed E-state index contributed by atoms with van der Waals surface area (Å²) in [6.07, 6.45) is -0.0301. The monoisotopic (exact) mass is 279 g/mol. The molecular weight excluding hydrogens is 254 g/mol. The van der Waals surface area contributed by atoms with Crippen LogP contribution in [-0.4, -0.2) is 43.7 Å². The van der Waals surface area contributed by atoms with Gasteiger partial charge in [0.05, 0.1) is 13.7 Å². The van der Waals surface area contributed by atoms with Crippen LogP contribution in [-0.2, 0) is 0 Å². The van der Waals surface area contributed by atoms with Crippen molar-refractivity contribution in [2.45, 2.75) is 26.9 Å². The molecule has 0 radical (unpaired) electrons. The Kier molecular flexibility index (Phi) is 6.70. The Morgan fingerprint density at radius 1 is 1.20 bits per heavy atom. The molecule has 0 aromatic heterocycles. The van der Waals surface area contributed by atoms with Crippen LogP contribution in [0.5, 0.6) is 11.5 Å². The Balaban J connectivity index is 2.50. The number of methoxy groups -OCH3 is 1. The number of ether oxygens (including phenoxy) is 2. The molecule has 0 amide bonds. The molecule has 1 unspecified atom stereocenters. The van der Waals surface area contributed by atoms with Crippen molar-refractivity contribution in [3.63, 3.8) is 0 Å². The van der Waals surface area contributed by atoms with E-state index in [1.807, 2.05) is 36.1 Å². The number of guanidine groups is 1. The van der Waals surface area contributed by atoms with Gasteiger partial charge in [-0.25, -0.2) is 4.99 Å². The minimum atomic E-state index is -0.0301. The Morgan fingerprint density at radius 2 is 1.75 bits per heavy atom. The normalized spacial score (nSPS) is 12.9. The maximum Gasteiger partial charge on any atom is 0.191 e. The van der Waals surface area contributed by atoms with Gasteiger partial charge in [0.15, 0.2) is 5.96 Å². The Hall–Kier alpha value is -1.91. The first-order valence-corrected chi connectivity index (χ1v) is 6.96. The molecule has 0 aliphatic rings. The van der Waals surface area contributed by atoms with E-state index in [1.165, 1.54) is 0 Å². The van der Waals surface area contributed by atoms with Gasteiger partial charge in [0.25, 0.3) is 0 Å². The first kappa shape index (κ1) is 16.1. The van der Waals surface area contributed by atoms with E-state index in [1.54, 1.807) is 7.11 Å². The average molecular weight is 279 g/mol. The predicted molar refractivity (Wildman–Crippen MR) is 82.5 cm³/mol. The van der Waals surface area contributed by atoms with Crippen molar-refractivity contribution in [2.24, 2.45) is 10.7 Å². The SMILES string of the molecule is CCN(CC)C(N)=NCC(C)Oc1ccc(OC)cc1. The van der Waals surface area contributed by atoms with Gasteiger partial charge in [0, 0.05) is 13.1 Å². The van der Waals surface area contributed by atoms with Crippen molar-refractivity contribution in [1.29, 1.82) is 0 Å². The molecule has 5 nitrogen and oxygen atoms in total. The number of benzene rings is 1. The molecule has 0 saturated carbocycles. The van der Waals surface area contributed by atoms with Gasteiger partial charge in [-0.15, -0.1) is 0 Å². The van der Waals surface area contributed by atoms with E-state index in [9.17, 15) is 0 Å². The topological polar surface area (TPSA) is 60.1 Å². The van der Waals surface area contributed by atoms with Crippen molar-refractivity contribution in [3.8, 4) is 11.5 Å². The number of nitrogens with two attached hydrogens (primary N) is 1. The van der Waals surface area contributed by atoms with Crippen LogP contribution >= 0.6 is 0 Å². The molecule has 0 aliphatic heterocycles. The Labute approximate surface area is 121 Å². The maximum absolute atomic E-state index is 5.92. The minimum absolute atomic E-state index is 0.0301. The highest BCUT2D eigenvalue weighted by Gasteiger charge is 2.06. The van der Waals surface area contributed by atoms with Gasteiger partial charge < -0.3 is 20.1 Å². The van der Waals surface area contributed by atoms with Crippen molar-refractivity contribution < 1.29 is 9.47 Å². The molecule has 0 spiro atoms. The average Bonchev–Trinajstić information content (AvgIpc) is 2.47. The van der Waals surface area contributed by atoms with E-state index in [0.717, 1.165) is 24.6 Å². The zero-order valence-corrected chi connectivity index (χ0v) is 12.8. The van der Waals surface area contributed by atoms with Gasteiger partial charge in [-0.3, -0.25) is 0 Å². The summed E-state index contributed by atoms with van der Waals surface area (Å²) in [7, 11) is 1.64. The summed E-state index contributed by atoms with van der Waals surface area (Å²) in [5, 5.41) is 0. The van der Waals surface area contributed by atoms with Crippen LogP contribution in [0.15, 0.2) is 29.3 Å². The Bertz CT molecular complexity index is 414. The fraction of sp³-hybridized carbons (Fsp3) is 0.533. The van der Waals surface area contributed by atoms with Crippen LogP contribution < -0.4 is 15.2 Å². The number of nitrogens with zero attached hydrogens (tertiary/aromatic N) is 2. The van der Waals surface area contributed by atoms with Crippen LogP contribution in [0.2, 0.25) is 0 Å². The highest BCUT2D eigenvalue weighted by atomic mass is 16.5. The van der Waals surface area contributed by atoms with Crippen molar-refractivity contribution >= 4 is 5.96 Å². The zero-order chi connectivity index (χ0) is 15.0.